The standard InChI is InChI=1S/C18H18BrN3O3/c1-3-22-15-14(5-4-10-20-15)25-18(2,17(22)24)16(23)21-11-12-6-8-13(19)9-7-12/h4-10H,3,11H2,1-2H3,(H,21,23)/t18-/m1/s1. The first-order chi connectivity index (χ1) is 12.0. The van der Waals surface area contributed by atoms with Gasteiger partial charge in [-0.3, -0.25) is 14.5 Å². The lowest BCUT2D eigenvalue weighted by molar-refractivity contribution is -0.148. The number of hydrogen-bond donors (Lipinski definition) is 1. The number of rotatable bonds is 4. The molecule has 2 heterocycles. The lowest BCUT2D eigenvalue weighted by Crippen LogP contribution is -2.62. The maximum atomic E-state index is 12.8. The van der Waals surface area contributed by atoms with Gasteiger partial charge in [0.25, 0.3) is 17.4 Å². The van der Waals surface area contributed by atoms with Crippen LogP contribution in [0, 0.1) is 0 Å². The van der Waals surface area contributed by atoms with Gasteiger partial charge in [-0.1, -0.05) is 28.1 Å². The normalized spacial score (nSPS) is 19.2. The quantitative estimate of drug-likeness (QED) is 0.796. The van der Waals surface area contributed by atoms with Gasteiger partial charge in [0.1, 0.15) is 0 Å². The first-order valence-corrected chi connectivity index (χ1v) is 8.73. The molecule has 3 rings (SSSR count). The SMILES string of the molecule is CCN1C(=O)[C@@](C)(C(=O)NCc2ccc(Br)cc2)Oc2cccnc21. The number of halogens is 1. The van der Waals surface area contributed by atoms with Crippen molar-refractivity contribution in [3.63, 3.8) is 0 Å². The van der Waals surface area contributed by atoms with Gasteiger partial charge >= 0.3 is 0 Å². The van der Waals surface area contributed by atoms with Crippen molar-refractivity contribution in [3.8, 4) is 5.75 Å². The summed E-state index contributed by atoms with van der Waals surface area (Å²) in [5.41, 5.74) is -0.695. The largest absolute Gasteiger partial charge is 0.464 e. The summed E-state index contributed by atoms with van der Waals surface area (Å²) in [6, 6.07) is 11.0. The van der Waals surface area contributed by atoms with Crippen LogP contribution in [0.4, 0.5) is 5.82 Å². The first kappa shape index (κ1) is 17.4. The number of anilines is 1. The maximum absolute atomic E-state index is 12.8. The summed E-state index contributed by atoms with van der Waals surface area (Å²) in [6.45, 7) is 4.04. The number of ether oxygens (including phenoxy) is 1. The Balaban J connectivity index is 1.81. The Kier molecular flexibility index (Phi) is 4.76. The van der Waals surface area contributed by atoms with Crippen molar-refractivity contribution in [2.45, 2.75) is 26.0 Å². The molecule has 0 saturated heterocycles. The molecule has 1 aromatic carbocycles. The van der Waals surface area contributed by atoms with Crippen LogP contribution in [0.25, 0.3) is 0 Å². The number of likely N-dealkylation sites (N-methyl/N-ethyl adjacent to an activating group) is 1. The lowest BCUT2D eigenvalue weighted by atomic mass is 10.0. The van der Waals surface area contributed by atoms with E-state index in [1.54, 1.807) is 18.3 Å². The molecule has 0 spiro atoms. The van der Waals surface area contributed by atoms with E-state index in [1.807, 2.05) is 31.2 Å². The van der Waals surface area contributed by atoms with Crippen LogP contribution in [0.2, 0.25) is 0 Å². The van der Waals surface area contributed by atoms with Crippen molar-refractivity contribution in [3.05, 3.63) is 52.6 Å². The van der Waals surface area contributed by atoms with Crippen LogP contribution in [0.5, 0.6) is 5.75 Å². The molecule has 0 fully saturated rings. The van der Waals surface area contributed by atoms with Gasteiger partial charge in [0.2, 0.25) is 0 Å². The topological polar surface area (TPSA) is 71.5 Å². The summed E-state index contributed by atoms with van der Waals surface area (Å²) in [6.07, 6.45) is 1.59. The summed E-state index contributed by atoms with van der Waals surface area (Å²) in [5.74, 6) is -0.0405. The van der Waals surface area contributed by atoms with Crippen molar-refractivity contribution >= 4 is 33.6 Å². The number of amides is 2. The van der Waals surface area contributed by atoms with Crippen molar-refractivity contribution in [1.29, 1.82) is 0 Å². The number of hydrogen-bond acceptors (Lipinski definition) is 4. The van der Waals surface area contributed by atoms with Crippen LogP contribution in [0.3, 0.4) is 0 Å². The van der Waals surface area contributed by atoms with E-state index in [2.05, 4.69) is 26.2 Å². The fourth-order valence-electron chi connectivity index (χ4n) is 2.67. The monoisotopic (exact) mass is 403 g/mol. The average molecular weight is 404 g/mol. The Labute approximate surface area is 154 Å². The summed E-state index contributed by atoms with van der Waals surface area (Å²) >= 11 is 3.37. The smallest absolute Gasteiger partial charge is 0.282 e. The average Bonchev–Trinajstić information content (AvgIpc) is 2.62. The first-order valence-electron chi connectivity index (χ1n) is 7.94. The van der Waals surface area contributed by atoms with Gasteiger partial charge in [0, 0.05) is 23.8 Å². The predicted molar refractivity (Wildman–Crippen MR) is 97.3 cm³/mol. The number of nitrogens with one attached hydrogen (secondary N) is 1. The predicted octanol–water partition coefficient (Wildman–Crippen LogP) is 2.66. The fraction of sp³-hybridized carbons (Fsp3) is 0.278. The zero-order valence-corrected chi connectivity index (χ0v) is 15.5. The van der Waals surface area contributed by atoms with Gasteiger partial charge in [-0.05, 0) is 43.7 Å². The molecule has 2 amide bonds. The molecule has 2 aromatic rings. The van der Waals surface area contributed by atoms with Crippen LogP contribution >= 0.6 is 15.9 Å². The Bertz CT molecular complexity index is 809. The zero-order valence-electron chi connectivity index (χ0n) is 14.0. The summed E-state index contributed by atoms with van der Waals surface area (Å²) in [4.78, 5) is 31.2. The molecule has 1 atom stereocenters. The van der Waals surface area contributed by atoms with Crippen molar-refractivity contribution in [2.75, 3.05) is 11.4 Å². The molecule has 7 heteroatoms. The number of aromatic nitrogens is 1. The Hall–Kier alpha value is -2.41. The van der Waals surface area contributed by atoms with Crippen LogP contribution in [-0.2, 0) is 16.1 Å². The molecule has 6 nitrogen and oxygen atoms in total. The van der Waals surface area contributed by atoms with Gasteiger partial charge in [-0.15, -0.1) is 0 Å². The summed E-state index contributed by atoms with van der Waals surface area (Å²) in [7, 11) is 0. The second-order valence-corrected chi connectivity index (χ2v) is 6.73. The molecule has 1 N–H and O–H groups in total. The van der Waals surface area contributed by atoms with Gasteiger partial charge in [-0.2, -0.15) is 0 Å². The van der Waals surface area contributed by atoms with Gasteiger partial charge < -0.3 is 10.1 Å². The van der Waals surface area contributed by atoms with E-state index in [-0.39, 0.29) is 0 Å². The third-order valence-corrected chi connectivity index (χ3v) is 4.62. The van der Waals surface area contributed by atoms with E-state index < -0.39 is 17.4 Å². The van der Waals surface area contributed by atoms with Crippen molar-refractivity contribution in [2.24, 2.45) is 0 Å². The Morgan fingerprint density at radius 3 is 2.72 bits per heavy atom. The summed E-state index contributed by atoms with van der Waals surface area (Å²) in [5, 5.41) is 2.79. The highest BCUT2D eigenvalue weighted by molar-refractivity contribution is 9.10. The molecule has 0 aliphatic carbocycles. The van der Waals surface area contributed by atoms with E-state index in [0.29, 0.717) is 24.7 Å². The van der Waals surface area contributed by atoms with Crippen LogP contribution < -0.4 is 15.0 Å². The van der Waals surface area contributed by atoms with Gasteiger partial charge in [-0.25, -0.2) is 4.98 Å². The molecular weight excluding hydrogens is 386 g/mol. The molecule has 1 aliphatic heterocycles. The van der Waals surface area contributed by atoms with Crippen molar-refractivity contribution < 1.29 is 14.3 Å². The molecule has 1 aliphatic rings. The zero-order chi connectivity index (χ0) is 18.0. The molecule has 0 radical (unpaired) electrons. The number of pyridine rings is 1. The third-order valence-electron chi connectivity index (χ3n) is 4.09. The minimum Gasteiger partial charge on any atom is -0.464 e. The number of benzene rings is 1. The van der Waals surface area contributed by atoms with Gasteiger partial charge in [0.05, 0.1) is 0 Å². The summed E-state index contributed by atoms with van der Waals surface area (Å²) < 4.78 is 6.72. The highest BCUT2D eigenvalue weighted by Gasteiger charge is 2.50. The number of fused-ring (bicyclic) bond motifs is 1. The molecule has 0 unspecified atom stereocenters. The van der Waals surface area contributed by atoms with E-state index in [1.165, 1.54) is 11.8 Å². The van der Waals surface area contributed by atoms with Crippen molar-refractivity contribution in [1.82, 2.24) is 10.3 Å². The van der Waals surface area contributed by atoms with E-state index in [9.17, 15) is 9.59 Å². The highest BCUT2D eigenvalue weighted by Crippen LogP contribution is 2.35. The fourth-order valence-corrected chi connectivity index (χ4v) is 2.94. The minimum atomic E-state index is -1.62. The molecule has 1 aromatic heterocycles. The third kappa shape index (κ3) is 3.24. The highest BCUT2D eigenvalue weighted by atomic mass is 79.9. The molecule has 130 valence electrons. The molecule has 0 bridgehead atoms. The number of carbonyl (C=O) groups excluding carboxylic acids is 2. The van der Waals surface area contributed by atoms with E-state index in [0.717, 1.165) is 10.0 Å². The van der Waals surface area contributed by atoms with Gasteiger partial charge in [0.15, 0.2) is 11.6 Å². The van der Waals surface area contributed by atoms with Crippen LogP contribution in [0.1, 0.15) is 19.4 Å². The molecular formula is C18H18BrN3O3. The van der Waals surface area contributed by atoms with Crippen LogP contribution in [-0.4, -0.2) is 28.9 Å². The van der Waals surface area contributed by atoms with Crippen LogP contribution in [0.15, 0.2) is 47.1 Å². The Morgan fingerprint density at radius 1 is 1.32 bits per heavy atom. The molecule has 0 saturated carbocycles. The molecule has 25 heavy (non-hydrogen) atoms. The van der Waals surface area contributed by atoms with E-state index >= 15 is 0 Å². The second-order valence-electron chi connectivity index (χ2n) is 5.82. The minimum absolute atomic E-state index is 0.310. The lowest BCUT2D eigenvalue weighted by Gasteiger charge is -2.38. The number of nitrogens with zero attached hydrogens (tertiary/aromatic N) is 2. The Morgan fingerprint density at radius 2 is 2.04 bits per heavy atom. The van der Waals surface area contributed by atoms with E-state index in [4.69, 9.17) is 4.74 Å². The second kappa shape index (κ2) is 6.84. The maximum Gasteiger partial charge on any atom is 0.282 e. The number of carbonyl (C=O) groups is 2.